The first-order chi connectivity index (χ1) is 52.6. The van der Waals surface area contributed by atoms with Crippen molar-refractivity contribution in [3.63, 3.8) is 0 Å². The third-order valence-corrected chi connectivity index (χ3v) is 67.7. The number of benzene rings is 1. The fourth-order valence-electron chi connectivity index (χ4n) is 17.5. The topological polar surface area (TPSA) is 44.2 Å². The maximum absolute atomic E-state index is 13.1. The molecule has 4 nitrogen and oxygen atoms in total. The van der Waals surface area contributed by atoms with Gasteiger partial charge in [0.1, 0.15) is 11.0 Å². The van der Waals surface area contributed by atoms with Gasteiger partial charge in [0, 0.05) is 0 Å². The number of halogens is 4. The predicted molar refractivity (Wildman–Crippen MR) is 498 cm³/mol. The molecule has 0 fully saturated rings. The molecule has 0 bridgehead atoms. The van der Waals surface area contributed by atoms with E-state index in [1.165, 1.54) is 314 Å². The fourth-order valence-corrected chi connectivity index (χ4v) is 62.1. The molecule has 0 spiro atoms. The van der Waals surface area contributed by atoms with E-state index in [0.29, 0.717) is 11.0 Å². The van der Waals surface area contributed by atoms with Crippen LogP contribution in [0.2, 0.25) is 26.6 Å². The standard InChI is InChI=1S/C34H55OS2.C30H47OS2.C6Br2F2N2S.6C4H9.2Sn/c1-4-6-8-10-12-14-16-18-20-22-25-34(26-23-21-19-17-15-13-11-9-7-5-2)30-24-27-36-32(30)33-31(35-34)28-29(3)37-33;1-21(2)10-8-12-23(5)14-17-30(18-15-24(6)13-9-11-22(3)4)26-16-19-32-28(26)29-27(31-30)20-25(7)33-29;7-1-3(9)4(10)2(8)6-5(1)11-13-12-6;6*1-3-4-2;;/h24,28H,4-23,25-26H2,1-3H3;16,20-24H,8-15,17-18H2,1-7H3;;6*1,3-4H2,2H3;;. The summed E-state index contributed by atoms with van der Waals surface area (Å²) in [6.45, 7) is 38.3. The van der Waals surface area contributed by atoms with E-state index in [1.54, 1.807) is 47.5 Å². The minimum absolute atomic E-state index is 0.0111. The fraction of sp³-hybridized carbons (Fsp3) is 0.766. The van der Waals surface area contributed by atoms with E-state index in [0.717, 1.165) is 35.4 Å². The Hall–Kier alpha value is -0.143. The number of aryl methyl sites for hydroxylation is 2. The van der Waals surface area contributed by atoms with Crippen LogP contribution in [-0.2, 0) is 11.2 Å². The number of unbranched alkanes of at least 4 members (excludes halogenated alkanes) is 24. The Morgan fingerprint density at radius 2 is 0.651 bits per heavy atom. The summed E-state index contributed by atoms with van der Waals surface area (Å²) in [6.07, 6.45) is 60.2. The molecule has 0 aliphatic carbocycles. The van der Waals surface area contributed by atoms with E-state index in [1.807, 2.05) is 28.5 Å². The van der Waals surface area contributed by atoms with Crippen molar-refractivity contribution in [2.75, 3.05) is 0 Å². The second kappa shape index (κ2) is 52.7. The number of aromatic nitrogens is 2. The molecule has 0 saturated carbocycles. The van der Waals surface area contributed by atoms with Crippen LogP contribution in [0.5, 0.6) is 11.5 Å². The van der Waals surface area contributed by atoms with Gasteiger partial charge in [-0.3, -0.25) is 0 Å². The Labute approximate surface area is 713 Å². The van der Waals surface area contributed by atoms with Crippen molar-refractivity contribution in [3.05, 3.63) is 65.7 Å². The molecule has 6 aromatic rings. The van der Waals surface area contributed by atoms with Crippen LogP contribution in [0.4, 0.5) is 8.78 Å². The van der Waals surface area contributed by atoms with E-state index in [-0.39, 0.29) is 20.1 Å². The Bertz CT molecular complexity index is 3310. The zero-order chi connectivity index (χ0) is 79.2. The number of fused-ring (bicyclic) bond motifs is 7. The number of thiophene rings is 4. The molecule has 2 atom stereocenters. The van der Waals surface area contributed by atoms with Crippen LogP contribution in [0.1, 0.15) is 400 Å². The molecule has 2 unspecified atom stereocenters. The van der Waals surface area contributed by atoms with E-state index < -0.39 is 48.4 Å². The molecular weight excluding hydrogens is 1780 g/mol. The Balaban J connectivity index is 0.000000291. The molecule has 109 heavy (non-hydrogen) atoms. The van der Waals surface area contributed by atoms with Crippen molar-refractivity contribution in [2.45, 2.75) is 431 Å². The van der Waals surface area contributed by atoms with Gasteiger partial charge in [-0.25, -0.2) is 8.78 Å². The minimum atomic E-state index is -2.59. The SMILES string of the molecule is CCCCCCCCCCCCC1(CCCCCCCCCCCC)Oc2cc(C)sc2-c2s[c]([Sn]([CH2]CCC)([CH2]CCC)[CH2]CCC)cc21.CCC[CH2][Sn]([CH2]CCC)([CH2]CCC)[c]1cc2c(s1)-c1sc(C)cc1OC2(CCC(C)CCCC(C)C)CCC(C)CCCC(C)C.Fc1c(F)c(Br)c2nsnc2c1Br. The summed E-state index contributed by atoms with van der Waals surface area (Å²) in [7, 11) is 0. The molecule has 0 saturated heterocycles. The van der Waals surface area contributed by atoms with Gasteiger partial charge >= 0.3 is 576 Å². The Morgan fingerprint density at radius 3 is 0.954 bits per heavy atom. The van der Waals surface area contributed by atoms with Crippen molar-refractivity contribution in [1.82, 2.24) is 8.75 Å². The van der Waals surface area contributed by atoms with Gasteiger partial charge in [-0.2, -0.15) is 8.75 Å². The molecule has 7 heterocycles. The van der Waals surface area contributed by atoms with Crippen LogP contribution in [0.3, 0.4) is 0 Å². The van der Waals surface area contributed by atoms with Crippen molar-refractivity contribution >= 4 is 143 Å². The zero-order valence-electron chi connectivity index (χ0n) is 72.2. The molecule has 0 N–H and O–H groups in total. The number of nitrogens with zero attached hydrogens (tertiary/aromatic N) is 2. The van der Waals surface area contributed by atoms with Gasteiger partial charge in [0.25, 0.3) is 0 Å². The number of hydrogen-bond donors (Lipinski definition) is 0. The van der Waals surface area contributed by atoms with Gasteiger partial charge in [-0.05, 0) is 31.9 Å². The average molecular weight is 1940 g/mol. The quantitative estimate of drug-likeness (QED) is 0.0165. The normalized spacial score (nSPS) is 15.1. The first kappa shape index (κ1) is 97.7. The van der Waals surface area contributed by atoms with Gasteiger partial charge in [0.15, 0.2) is 11.6 Å². The van der Waals surface area contributed by atoms with E-state index in [4.69, 9.17) is 9.47 Å². The van der Waals surface area contributed by atoms with Crippen LogP contribution in [0.15, 0.2) is 33.2 Å². The van der Waals surface area contributed by atoms with Crippen molar-refractivity contribution in [2.24, 2.45) is 23.7 Å². The van der Waals surface area contributed by atoms with Crippen LogP contribution >= 0.6 is 88.9 Å². The van der Waals surface area contributed by atoms with Crippen LogP contribution < -0.4 is 15.3 Å². The second-order valence-electron chi connectivity index (χ2n) is 35.2. The number of ether oxygens (including phenoxy) is 2. The third kappa shape index (κ3) is 30.3. The molecule has 620 valence electrons. The Kier molecular flexibility index (Phi) is 47.2. The molecule has 2 aliphatic heterocycles. The first-order valence-electron chi connectivity index (χ1n) is 45.4. The average Bonchev–Trinajstić information content (AvgIpc) is 1.59. The van der Waals surface area contributed by atoms with Gasteiger partial charge < -0.3 is 0 Å². The summed E-state index contributed by atoms with van der Waals surface area (Å²) in [6, 6.07) is 10.5. The molecule has 2 aliphatic rings. The van der Waals surface area contributed by atoms with Crippen LogP contribution in [0, 0.1) is 49.2 Å². The van der Waals surface area contributed by atoms with Crippen molar-refractivity contribution in [1.29, 1.82) is 0 Å². The monoisotopic (exact) mass is 1940 g/mol. The smallest absolute Gasteiger partial charge is 0.202 e. The molecular formula is C94H156Br2F2N2O2S5Sn2. The summed E-state index contributed by atoms with van der Waals surface area (Å²) < 4.78 is 61.9. The molecule has 0 amide bonds. The van der Waals surface area contributed by atoms with E-state index in [9.17, 15) is 8.78 Å². The van der Waals surface area contributed by atoms with Crippen LogP contribution in [-0.4, -0.2) is 45.5 Å². The van der Waals surface area contributed by atoms with Gasteiger partial charge in [-0.1, -0.05) is 52.4 Å². The minimum Gasteiger partial charge on any atom is -0.202 e. The van der Waals surface area contributed by atoms with Crippen molar-refractivity contribution < 1.29 is 18.3 Å². The summed E-state index contributed by atoms with van der Waals surface area (Å²) in [5.41, 5.74) is 3.64. The van der Waals surface area contributed by atoms with E-state index >= 15 is 0 Å². The maximum atomic E-state index is 13.1. The molecule has 1 aromatic carbocycles. The van der Waals surface area contributed by atoms with E-state index in [2.05, 4.69) is 198 Å². The summed E-state index contributed by atoms with van der Waals surface area (Å²) in [5, 5.41) is 0. The van der Waals surface area contributed by atoms with Gasteiger partial charge in [-0.15, -0.1) is 0 Å². The zero-order valence-corrected chi connectivity index (χ0v) is 85.2. The van der Waals surface area contributed by atoms with Gasteiger partial charge in [0.05, 0.1) is 20.7 Å². The molecule has 8 rings (SSSR count). The van der Waals surface area contributed by atoms with Crippen molar-refractivity contribution in [3.8, 4) is 31.0 Å². The predicted octanol–water partition coefficient (Wildman–Crippen LogP) is 35.5. The van der Waals surface area contributed by atoms with Gasteiger partial charge in [0.2, 0.25) is 0 Å². The number of rotatable bonds is 56. The molecule has 0 radical (unpaired) electrons. The second-order valence-corrected chi connectivity index (χ2v) is 70.3. The first-order valence-corrected chi connectivity index (χ1v) is 66.0. The summed E-state index contributed by atoms with van der Waals surface area (Å²) in [4.78, 5) is 9.02. The Morgan fingerprint density at radius 1 is 0.358 bits per heavy atom. The number of hydrogen-bond acceptors (Lipinski definition) is 9. The summed E-state index contributed by atoms with van der Waals surface area (Å²) >= 11 is 10.1. The third-order valence-electron chi connectivity index (χ3n) is 24.6. The molecule has 15 heteroatoms. The molecule has 5 aromatic heterocycles. The van der Waals surface area contributed by atoms with Crippen LogP contribution in [0.25, 0.3) is 30.5 Å². The summed E-state index contributed by atoms with van der Waals surface area (Å²) in [5.74, 6) is 3.66.